The van der Waals surface area contributed by atoms with E-state index in [1.807, 2.05) is 0 Å². The lowest BCUT2D eigenvalue weighted by molar-refractivity contribution is -0.143. The Hall–Kier alpha value is -2.87. The average molecular weight is 381 g/mol. The number of hydrogen-bond donors (Lipinski definition) is 1. The van der Waals surface area contributed by atoms with E-state index in [2.05, 4.69) is 15.4 Å². The van der Waals surface area contributed by atoms with Gasteiger partial charge in [-0.2, -0.15) is 18.3 Å². The molecule has 0 aliphatic carbocycles. The number of carbonyl (C=O) groups is 1. The van der Waals surface area contributed by atoms with Gasteiger partial charge in [-0.15, -0.1) is 0 Å². The van der Waals surface area contributed by atoms with Crippen LogP contribution in [0.2, 0.25) is 5.02 Å². The summed E-state index contributed by atoms with van der Waals surface area (Å²) in [6.07, 6.45) is -2.46. The van der Waals surface area contributed by atoms with Crippen molar-refractivity contribution in [3.05, 3.63) is 70.6 Å². The maximum Gasteiger partial charge on any atom is 0.434 e. The molecule has 0 unspecified atom stereocenters. The molecule has 0 radical (unpaired) electrons. The van der Waals surface area contributed by atoms with E-state index in [0.29, 0.717) is 9.70 Å². The number of pyridine rings is 1. The predicted molar refractivity (Wildman–Crippen MR) is 90.5 cm³/mol. The monoisotopic (exact) mass is 380 g/mol. The average Bonchev–Trinajstić information content (AvgIpc) is 3.01. The minimum atomic E-state index is -4.79. The van der Waals surface area contributed by atoms with Crippen molar-refractivity contribution < 1.29 is 18.0 Å². The molecule has 3 aromatic rings. The van der Waals surface area contributed by atoms with Gasteiger partial charge in [-0.1, -0.05) is 11.6 Å². The van der Waals surface area contributed by atoms with Crippen molar-refractivity contribution in [2.75, 3.05) is 5.32 Å². The molecule has 0 saturated heterocycles. The van der Waals surface area contributed by atoms with Gasteiger partial charge < -0.3 is 5.32 Å². The normalized spacial score (nSPS) is 11.4. The van der Waals surface area contributed by atoms with Crippen LogP contribution in [0.4, 0.5) is 19.0 Å². The summed E-state index contributed by atoms with van der Waals surface area (Å²) in [7, 11) is 0. The van der Waals surface area contributed by atoms with Crippen molar-refractivity contribution in [3.8, 4) is 5.69 Å². The molecule has 1 amide bonds. The first kappa shape index (κ1) is 17.9. The first-order valence-electron chi connectivity index (χ1n) is 7.41. The number of alkyl halides is 3. The Bertz CT molecular complexity index is 951. The van der Waals surface area contributed by atoms with E-state index in [0.717, 1.165) is 11.8 Å². The highest BCUT2D eigenvalue weighted by Crippen LogP contribution is 2.34. The van der Waals surface area contributed by atoms with Crippen LogP contribution in [-0.4, -0.2) is 20.7 Å². The number of aromatic nitrogens is 3. The quantitative estimate of drug-likeness (QED) is 0.727. The minimum absolute atomic E-state index is 0.134. The van der Waals surface area contributed by atoms with Crippen molar-refractivity contribution in [2.45, 2.75) is 13.1 Å². The molecule has 2 heterocycles. The summed E-state index contributed by atoms with van der Waals surface area (Å²) in [4.78, 5) is 16.3. The molecule has 134 valence electrons. The SMILES string of the molecule is Cc1ccnc(NC(=O)c2cnn(-c3ccc(Cl)cc3)c2C(F)(F)F)c1. The first-order valence-corrected chi connectivity index (χ1v) is 7.78. The van der Waals surface area contributed by atoms with Gasteiger partial charge in [0.2, 0.25) is 0 Å². The molecule has 0 spiro atoms. The summed E-state index contributed by atoms with van der Waals surface area (Å²) in [6.45, 7) is 1.77. The van der Waals surface area contributed by atoms with Crippen LogP contribution >= 0.6 is 11.6 Å². The Morgan fingerprint density at radius 1 is 1.19 bits per heavy atom. The number of aryl methyl sites for hydroxylation is 1. The highest BCUT2D eigenvalue weighted by molar-refractivity contribution is 6.30. The largest absolute Gasteiger partial charge is 0.434 e. The number of hydrogen-bond acceptors (Lipinski definition) is 3. The van der Waals surface area contributed by atoms with E-state index < -0.39 is 23.3 Å². The van der Waals surface area contributed by atoms with Gasteiger partial charge in [0.1, 0.15) is 5.82 Å². The Labute approximate surface area is 151 Å². The molecule has 9 heteroatoms. The van der Waals surface area contributed by atoms with Crippen LogP contribution in [0.5, 0.6) is 0 Å². The van der Waals surface area contributed by atoms with Crippen molar-refractivity contribution in [2.24, 2.45) is 0 Å². The van der Waals surface area contributed by atoms with Gasteiger partial charge in [-0.25, -0.2) is 9.67 Å². The summed E-state index contributed by atoms with van der Waals surface area (Å²) in [5, 5.41) is 6.47. The van der Waals surface area contributed by atoms with Gasteiger partial charge in [0.05, 0.1) is 17.4 Å². The molecule has 2 aromatic heterocycles. The number of carbonyl (C=O) groups excluding carboxylic acids is 1. The van der Waals surface area contributed by atoms with E-state index in [9.17, 15) is 18.0 Å². The molecule has 1 N–H and O–H groups in total. The van der Waals surface area contributed by atoms with Crippen molar-refractivity contribution >= 4 is 23.3 Å². The number of nitrogens with zero attached hydrogens (tertiary/aromatic N) is 3. The zero-order valence-electron chi connectivity index (χ0n) is 13.4. The smallest absolute Gasteiger partial charge is 0.306 e. The number of rotatable bonds is 3. The molecule has 0 aliphatic rings. The van der Waals surface area contributed by atoms with E-state index in [1.54, 1.807) is 19.1 Å². The highest BCUT2D eigenvalue weighted by atomic mass is 35.5. The molecule has 3 rings (SSSR count). The molecule has 0 atom stereocenters. The fraction of sp³-hybridized carbons (Fsp3) is 0.118. The lowest BCUT2D eigenvalue weighted by atomic mass is 10.2. The highest BCUT2D eigenvalue weighted by Gasteiger charge is 2.40. The third-order valence-corrected chi connectivity index (χ3v) is 3.76. The second-order valence-corrected chi connectivity index (χ2v) is 5.90. The number of anilines is 1. The van der Waals surface area contributed by atoms with Crippen molar-refractivity contribution in [3.63, 3.8) is 0 Å². The lowest BCUT2D eigenvalue weighted by Crippen LogP contribution is -2.21. The number of nitrogens with one attached hydrogen (secondary N) is 1. The molecule has 0 fully saturated rings. The third-order valence-electron chi connectivity index (χ3n) is 3.51. The summed E-state index contributed by atoms with van der Waals surface area (Å²) < 4.78 is 41.4. The molecule has 1 aromatic carbocycles. The summed E-state index contributed by atoms with van der Waals surface area (Å²) in [6, 6.07) is 8.90. The maximum absolute atomic E-state index is 13.6. The van der Waals surface area contributed by atoms with Gasteiger partial charge in [-0.05, 0) is 48.9 Å². The van der Waals surface area contributed by atoms with Gasteiger partial charge in [0.15, 0.2) is 5.69 Å². The lowest BCUT2D eigenvalue weighted by Gasteiger charge is -2.13. The second-order valence-electron chi connectivity index (χ2n) is 5.47. The van der Waals surface area contributed by atoms with Crippen LogP contribution in [0.25, 0.3) is 5.69 Å². The van der Waals surface area contributed by atoms with Crippen LogP contribution in [0.3, 0.4) is 0 Å². The maximum atomic E-state index is 13.6. The van der Waals surface area contributed by atoms with Crippen molar-refractivity contribution in [1.29, 1.82) is 0 Å². The zero-order chi connectivity index (χ0) is 18.9. The Balaban J connectivity index is 2.02. The number of benzene rings is 1. The third kappa shape index (κ3) is 3.70. The standard InChI is InChI=1S/C17H12ClF3N4O/c1-10-6-7-22-14(8-10)24-16(26)13-9-23-25(15(13)17(19,20)21)12-4-2-11(18)3-5-12/h2-9H,1H3,(H,22,24,26). The number of amides is 1. The Morgan fingerprint density at radius 2 is 1.88 bits per heavy atom. The van der Waals surface area contributed by atoms with Crippen molar-refractivity contribution in [1.82, 2.24) is 14.8 Å². The predicted octanol–water partition coefficient (Wildman–Crippen LogP) is 4.50. The number of halogens is 4. The van der Waals surface area contributed by atoms with Gasteiger partial charge in [-0.3, -0.25) is 4.79 Å². The molecular formula is C17H12ClF3N4O. The summed E-state index contributed by atoms with van der Waals surface area (Å²) in [5.74, 6) is -0.794. The molecule has 0 aliphatic heterocycles. The van der Waals surface area contributed by atoms with Crippen LogP contribution in [0.1, 0.15) is 21.6 Å². The van der Waals surface area contributed by atoms with Gasteiger partial charge >= 0.3 is 6.18 Å². The Kier molecular flexibility index (Phi) is 4.69. The van der Waals surface area contributed by atoms with Crippen LogP contribution in [-0.2, 0) is 6.18 Å². The first-order chi connectivity index (χ1) is 12.3. The molecule has 0 saturated carbocycles. The summed E-state index contributed by atoms with van der Waals surface area (Å²) in [5.41, 5.74) is -0.835. The molecular weight excluding hydrogens is 369 g/mol. The van der Waals surface area contributed by atoms with Crippen LogP contribution < -0.4 is 5.32 Å². The van der Waals surface area contributed by atoms with Gasteiger partial charge in [0, 0.05) is 11.2 Å². The van der Waals surface area contributed by atoms with E-state index in [-0.39, 0.29) is 11.5 Å². The molecule has 5 nitrogen and oxygen atoms in total. The van der Waals surface area contributed by atoms with Crippen LogP contribution in [0.15, 0.2) is 48.8 Å². The topological polar surface area (TPSA) is 59.8 Å². The fourth-order valence-electron chi connectivity index (χ4n) is 2.35. The van der Waals surface area contributed by atoms with Crippen LogP contribution in [0, 0.1) is 6.92 Å². The zero-order valence-corrected chi connectivity index (χ0v) is 14.1. The van der Waals surface area contributed by atoms with E-state index >= 15 is 0 Å². The molecule has 0 bridgehead atoms. The second kappa shape index (κ2) is 6.80. The van der Waals surface area contributed by atoms with Gasteiger partial charge in [0.25, 0.3) is 5.91 Å². The van der Waals surface area contributed by atoms with E-state index in [1.165, 1.54) is 30.5 Å². The summed E-state index contributed by atoms with van der Waals surface area (Å²) >= 11 is 5.76. The van der Waals surface area contributed by atoms with E-state index in [4.69, 9.17) is 11.6 Å². The Morgan fingerprint density at radius 3 is 2.50 bits per heavy atom. The fourth-order valence-corrected chi connectivity index (χ4v) is 2.48. The molecule has 26 heavy (non-hydrogen) atoms. The minimum Gasteiger partial charge on any atom is -0.306 e.